The average molecular weight is 278 g/mol. The summed E-state index contributed by atoms with van der Waals surface area (Å²) in [6, 6.07) is 1.84. The van der Waals surface area contributed by atoms with Crippen molar-refractivity contribution in [3.8, 4) is 5.69 Å². The summed E-state index contributed by atoms with van der Waals surface area (Å²) in [7, 11) is 0. The molecule has 0 aliphatic carbocycles. The van der Waals surface area contributed by atoms with Gasteiger partial charge >= 0.3 is 11.7 Å². The largest absolute Gasteiger partial charge is 0.481 e. The molecule has 0 fully saturated rings. The third-order valence-corrected chi connectivity index (χ3v) is 3.69. The van der Waals surface area contributed by atoms with Crippen molar-refractivity contribution in [1.29, 1.82) is 0 Å². The van der Waals surface area contributed by atoms with Crippen LogP contribution in [0.25, 0.3) is 5.69 Å². The molecule has 6 heteroatoms. The highest BCUT2D eigenvalue weighted by molar-refractivity contribution is 7.08. The van der Waals surface area contributed by atoms with E-state index in [0.29, 0.717) is 12.1 Å². The highest BCUT2D eigenvalue weighted by atomic mass is 32.1. The normalized spacial score (nSPS) is 10.6. The van der Waals surface area contributed by atoms with E-state index in [-0.39, 0.29) is 12.1 Å². The minimum Gasteiger partial charge on any atom is -0.481 e. The van der Waals surface area contributed by atoms with Crippen LogP contribution in [0.5, 0.6) is 0 Å². The van der Waals surface area contributed by atoms with Crippen LogP contribution in [0.4, 0.5) is 0 Å². The van der Waals surface area contributed by atoms with Crippen molar-refractivity contribution >= 4 is 17.3 Å². The summed E-state index contributed by atoms with van der Waals surface area (Å²) in [6.45, 7) is 3.56. The van der Waals surface area contributed by atoms with Gasteiger partial charge in [-0.25, -0.2) is 4.79 Å². The van der Waals surface area contributed by atoms with Crippen LogP contribution in [-0.4, -0.2) is 20.6 Å². The summed E-state index contributed by atoms with van der Waals surface area (Å²) < 4.78 is 1.53. The van der Waals surface area contributed by atoms with Gasteiger partial charge in [-0.15, -0.1) is 0 Å². The SMILES string of the molecule is Cc1nc(=O)n(-c2ccsc2)c(C)c1CCC(=O)O. The second-order valence-electron chi connectivity index (χ2n) is 4.25. The van der Waals surface area contributed by atoms with Crippen molar-refractivity contribution in [2.45, 2.75) is 26.7 Å². The lowest BCUT2D eigenvalue weighted by Gasteiger charge is -2.13. The molecule has 2 aromatic rings. The Morgan fingerprint density at radius 3 is 2.79 bits per heavy atom. The van der Waals surface area contributed by atoms with Crippen molar-refractivity contribution < 1.29 is 9.90 Å². The number of aliphatic carboxylic acids is 1. The summed E-state index contributed by atoms with van der Waals surface area (Å²) in [5, 5.41) is 12.5. The molecule has 0 saturated heterocycles. The van der Waals surface area contributed by atoms with Gasteiger partial charge in [-0.3, -0.25) is 9.36 Å². The van der Waals surface area contributed by atoms with Gasteiger partial charge in [0.2, 0.25) is 0 Å². The molecule has 0 radical (unpaired) electrons. The maximum Gasteiger partial charge on any atom is 0.352 e. The molecule has 0 saturated carbocycles. The monoisotopic (exact) mass is 278 g/mol. The fraction of sp³-hybridized carbons (Fsp3) is 0.308. The lowest BCUT2D eigenvalue weighted by molar-refractivity contribution is -0.136. The minimum absolute atomic E-state index is 0.0329. The van der Waals surface area contributed by atoms with Gasteiger partial charge in [0.25, 0.3) is 0 Å². The first-order valence-corrected chi connectivity index (χ1v) is 6.78. The molecule has 5 nitrogen and oxygen atoms in total. The molecular weight excluding hydrogens is 264 g/mol. The molecule has 0 atom stereocenters. The third kappa shape index (κ3) is 2.73. The zero-order chi connectivity index (χ0) is 14.0. The van der Waals surface area contributed by atoms with Gasteiger partial charge in [-0.1, -0.05) is 0 Å². The fourth-order valence-electron chi connectivity index (χ4n) is 2.08. The highest BCUT2D eigenvalue weighted by Crippen LogP contribution is 2.17. The van der Waals surface area contributed by atoms with Crippen LogP contribution in [0.3, 0.4) is 0 Å². The van der Waals surface area contributed by atoms with E-state index in [1.807, 2.05) is 23.8 Å². The molecule has 0 unspecified atom stereocenters. The van der Waals surface area contributed by atoms with Crippen LogP contribution in [0.2, 0.25) is 0 Å². The summed E-state index contributed by atoms with van der Waals surface area (Å²) in [6.07, 6.45) is 0.412. The molecule has 0 aliphatic heterocycles. The van der Waals surface area contributed by atoms with Gasteiger partial charge in [-0.05, 0) is 37.3 Å². The number of rotatable bonds is 4. The second-order valence-corrected chi connectivity index (χ2v) is 5.03. The van der Waals surface area contributed by atoms with Gasteiger partial charge < -0.3 is 5.11 Å². The molecule has 0 aliphatic rings. The van der Waals surface area contributed by atoms with Crippen molar-refractivity contribution in [2.24, 2.45) is 0 Å². The molecule has 1 N–H and O–H groups in total. The molecule has 2 rings (SSSR count). The molecular formula is C13H14N2O3S. The van der Waals surface area contributed by atoms with E-state index >= 15 is 0 Å². The third-order valence-electron chi connectivity index (χ3n) is 3.02. The quantitative estimate of drug-likeness (QED) is 0.927. The molecule has 2 aromatic heterocycles. The number of carbonyl (C=O) groups is 1. The predicted octanol–water partition coefficient (Wildman–Crippen LogP) is 1.93. The van der Waals surface area contributed by atoms with Crippen LogP contribution in [0, 0.1) is 13.8 Å². The molecule has 0 bridgehead atoms. The number of carboxylic acids is 1. The van der Waals surface area contributed by atoms with Crippen LogP contribution >= 0.6 is 11.3 Å². The Morgan fingerprint density at radius 1 is 1.47 bits per heavy atom. The summed E-state index contributed by atoms with van der Waals surface area (Å²) in [5.74, 6) is -0.855. The summed E-state index contributed by atoms with van der Waals surface area (Å²) in [5.41, 5.74) is 2.64. The molecule has 0 aromatic carbocycles. The summed E-state index contributed by atoms with van der Waals surface area (Å²) >= 11 is 1.50. The zero-order valence-electron chi connectivity index (χ0n) is 10.7. The molecule has 0 spiro atoms. The van der Waals surface area contributed by atoms with Crippen LogP contribution < -0.4 is 5.69 Å². The zero-order valence-corrected chi connectivity index (χ0v) is 11.5. The van der Waals surface area contributed by atoms with Crippen LogP contribution in [0.15, 0.2) is 21.6 Å². The van der Waals surface area contributed by atoms with Crippen molar-refractivity contribution in [1.82, 2.24) is 9.55 Å². The average Bonchev–Trinajstić information content (AvgIpc) is 2.81. The van der Waals surface area contributed by atoms with E-state index in [1.165, 1.54) is 15.9 Å². The Kier molecular flexibility index (Phi) is 3.80. The van der Waals surface area contributed by atoms with Crippen LogP contribution in [0.1, 0.15) is 23.4 Å². The number of aryl methyl sites for hydroxylation is 1. The maximum atomic E-state index is 12.0. The maximum absolute atomic E-state index is 12.0. The van der Waals surface area contributed by atoms with E-state index in [9.17, 15) is 9.59 Å². The van der Waals surface area contributed by atoms with Crippen molar-refractivity contribution in [3.63, 3.8) is 0 Å². The lowest BCUT2D eigenvalue weighted by Crippen LogP contribution is -2.26. The van der Waals surface area contributed by atoms with E-state index in [2.05, 4.69) is 4.98 Å². The Morgan fingerprint density at radius 2 is 2.21 bits per heavy atom. The topological polar surface area (TPSA) is 72.2 Å². The number of carboxylic acid groups (broad SMARTS) is 1. The molecule has 100 valence electrons. The van der Waals surface area contributed by atoms with Gasteiger partial charge in [0.05, 0.1) is 5.69 Å². The van der Waals surface area contributed by atoms with Crippen molar-refractivity contribution in [2.75, 3.05) is 0 Å². The van der Waals surface area contributed by atoms with E-state index in [1.54, 1.807) is 6.92 Å². The first kappa shape index (κ1) is 13.5. The Balaban J connectivity index is 2.54. The van der Waals surface area contributed by atoms with Gasteiger partial charge in [0.1, 0.15) is 0 Å². The molecule has 0 amide bonds. The van der Waals surface area contributed by atoms with E-state index < -0.39 is 5.97 Å². The van der Waals surface area contributed by atoms with Gasteiger partial charge in [0, 0.05) is 23.2 Å². The Labute approximate surface area is 114 Å². The minimum atomic E-state index is -0.855. The first-order valence-electron chi connectivity index (χ1n) is 5.84. The van der Waals surface area contributed by atoms with Gasteiger partial charge in [0.15, 0.2) is 0 Å². The van der Waals surface area contributed by atoms with E-state index in [4.69, 9.17) is 5.11 Å². The Bertz CT molecular complexity index is 659. The fourth-order valence-corrected chi connectivity index (χ4v) is 2.70. The molecule has 19 heavy (non-hydrogen) atoms. The number of hydrogen-bond acceptors (Lipinski definition) is 4. The number of hydrogen-bond donors (Lipinski definition) is 1. The first-order chi connectivity index (χ1) is 9.00. The number of aromatic nitrogens is 2. The van der Waals surface area contributed by atoms with Gasteiger partial charge in [-0.2, -0.15) is 16.3 Å². The Hall–Kier alpha value is -1.95. The van der Waals surface area contributed by atoms with E-state index in [0.717, 1.165) is 16.9 Å². The predicted molar refractivity (Wildman–Crippen MR) is 73.1 cm³/mol. The molecule has 2 heterocycles. The smallest absolute Gasteiger partial charge is 0.352 e. The second kappa shape index (κ2) is 5.36. The van der Waals surface area contributed by atoms with Crippen LogP contribution in [-0.2, 0) is 11.2 Å². The number of nitrogens with zero attached hydrogens (tertiary/aromatic N) is 2. The number of thiophene rings is 1. The summed E-state index contributed by atoms with van der Waals surface area (Å²) in [4.78, 5) is 26.7. The van der Waals surface area contributed by atoms with Crippen molar-refractivity contribution in [3.05, 3.63) is 44.3 Å². The lowest BCUT2D eigenvalue weighted by atomic mass is 10.1. The standard InChI is InChI=1S/C13H14N2O3S/c1-8-11(3-4-12(16)17)9(2)15(13(18)14-8)10-5-6-19-7-10/h5-7H,3-4H2,1-2H3,(H,16,17). The highest BCUT2D eigenvalue weighted by Gasteiger charge is 2.14.